The van der Waals surface area contributed by atoms with Gasteiger partial charge in [-0.3, -0.25) is 10.1 Å². The molecule has 1 aromatic rings. The van der Waals surface area contributed by atoms with E-state index >= 15 is 0 Å². The van der Waals surface area contributed by atoms with Crippen LogP contribution >= 0.6 is 11.8 Å². The highest BCUT2D eigenvalue weighted by atomic mass is 32.2. The summed E-state index contributed by atoms with van der Waals surface area (Å²) in [5.74, 6) is 1.04. The van der Waals surface area contributed by atoms with E-state index in [1.807, 2.05) is 13.2 Å². The zero-order chi connectivity index (χ0) is 13.7. The zero-order valence-electron chi connectivity index (χ0n) is 10.7. The molecule has 1 atom stereocenters. The van der Waals surface area contributed by atoms with E-state index in [-0.39, 0.29) is 23.4 Å². The van der Waals surface area contributed by atoms with E-state index in [4.69, 9.17) is 5.73 Å². The third-order valence-corrected chi connectivity index (χ3v) is 3.44. The summed E-state index contributed by atoms with van der Waals surface area (Å²) in [5.41, 5.74) is 5.33. The fraction of sp³-hybridized carbons (Fsp3) is 0.600. The van der Waals surface area contributed by atoms with Crippen LogP contribution in [0, 0.1) is 10.1 Å². The molecule has 0 radical (unpaired) electrons. The van der Waals surface area contributed by atoms with Crippen molar-refractivity contribution in [2.45, 2.75) is 19.4 Å². The van der Waals surface area contributed by atoms with E-state index in [9.17, 15) is 10.1 Å². The van der Waals surface area contributed by atoms with Crippen molar-refractivity contribution in [2.75, 3.05) is 29.7 Å². The van der Waals surface area contributed by atoms with Gasteiger partial charge < -0.3 is 10.6 Å². The molecule has 0 saturated carbocycles. The molecule has 7 nitrogen and oxygen atoms in total. The number of nitrogen functional groups attached to an aromatic ring is 1. The molecule has 1 heterocycles. The summed E-state index contributed by atoms with van der Waals surface area (Å²) in [6, 6.07) is 0.174. The van der Waals surface area contributed by atoms with Gasteiger partial charge in [0.2, 0.25) is 11.6 Å². The van der Waals surface area contributed by atoms with Crippen LogP contribution < -0.4 is 10.6 Å². The lowest BCUT2D eigenvalue weighted by Gasteiger charge is -2.27. The Morgan fingerprint density at radius 3 is 2.78 bits per heavy atom. The molecule has 100 valence electrons. The molecule has 1 aromatic heterocycles. The normalized spacial score (nSPS) is 12.2. The Morgan fingerprint density at radius 1 is 1.61 bits per heavy atom. The first-order valence-electron chi connectivity index (χ1n) is 5.49. The SMILES string of the molecule is CCC(CSC)N(C)c1ncnc(N)c1[N+](=O)[O-]. The summed E-state index contributed by atoms with van der Waals surface area (Å²) >= 11 is 1.69. The van der Waals surface area contributed by atoms with Crippen molar-refractivity contribution in [3.05, 3.63) is 16.4 Å². The number of rotatable bonds is 6. The van der Waals surface area contributed by atoms with Gasteiger partial charge in [0.25, 0.3) is 0 Å². The van der Waals surface area contributed by atoms with E-state index in [1.54, 1.807) is 23.7 Å². The summed E-state index contributed by atoms with van der Waals surface area (Å²) in [6.45, 7) is 2.04. The van der Waals surface area contributed by atoms with Crippen molar-refractivity contribution in [1.82, 2.24) is 9.97 Å². The fourth-order valence-corrected chi connectivity index (χ4v) is 2.53. The highest BCUT2D eigenvalue weighted by Crippen LogP contribution is 2.30. The number of hydrogen-bond donors (Lipinski definition) is 1. The summed E-state index contributed by atoms with van der Waals surface area (Å²) in [7, 11) is 1.79. The number of hydrogen-bond acceptors (Lipinski definition) is 7. The maximum atomic E-state index is 11.0. The van der Waals surface area contributed by atoms with Crippen molar-refractivity contribution in [3.63, 3.8) is 0 Å². The number of nitrogens with zero attached hydrogens (tertiary/aromatic N) is 4. The van der Waals surface area contributed by atoms with E-state index in [2.05, 4.69) is 9.97 Å². The van der Waals surface area contributed by atoms with Crippen LogP contribution in [0.5, 0.6) is 0 Å². The molecule has 0 fully saturated rings. The molecule has 2 N–H and O–H groups in total. The fourth-order valence-electron chi connectivity index (χ4n) is 1.68. The molecule has 0 aliphatic carbocycles. The Kier molecular flexibility index (Phi) is 5.14. The van der Waals surface area contributed by atoms with Gasteiger partial charge in [0, 0.05) is 18.8 Å². The van der Waals surface area contributed by atoms with Gasteiger partial charge in [-0.2, -0.15) is 11.8 Å². The third-order valence-electron chi connectivity index (χ3n) is 2.73. The van der Waals surface area contributed by atoms with Gasteiger partial charge in [-0.15, -0.1) is 0 Å². The van der Waals surface area contributed by atoms with E-state index < -0.39 is 4.92 Å². The van der Waals surface area contributed by atoms with Gasteiger partial charge in [-0.1, -0.05) is 6.92 Å². The van der Waals surface area contributed by atoms with Gasteiger partial charge in [0.05, 0.1) is 4.92 Å². The summed E-state index contributed by atoms with van der Waals surface area (Å²) in [6.07, 6.45) is 4.12. The molecule has 1 unspecified atom stereocenters. The lowest BCUT2D eigenvalue weighted by atomic mass is 10.2. The van der Waals surface area contributed by atoms with Crippen LogP contribution in [0.3, 0.4) is 0 Å². The molecule has 8 heteroatoms. The highest BCUT2D eigenvalue weighted by molar-refractivity contribution is 7.98. The molecular weight excluding hydrogens is 254 g/mol. The second-order valence-electron chi connectivity index (χ2n) is 3.82. The Hall–Kier alpha value is -1.57. The Bertz CT molecular complexity index is 429. The maximum Gasteiger partial charge on any atom is 0.353 e. The average Bonchev–Trinajstić information content (AvgIpc) is 2.34. The van der Waals surface area contributed by atoms with Crippen LogP contribution in [0.4, 0.5) is 17.3 Å². The predicted molar refractivity (Wildman–Crippen MR) is 74.0 cm³/mol. The number of nitrogens with two attached hydrogens (primary N) is 1. The molecule has 0 amide bonds. The molecule has 0 saturated heterocycles. The predicted octanol–water partition coefficient (Wildman–Crippen LogP) is 1.54. The van der Waals surface area contributed by atoms with Crippen LogP contribution in [0.1, 0.15) is 13.3 Å². The van der Waals surface area contributed by atoms with Crippen molar-refractivity contribution in [1.29, 1.82) is 0 Å². The second kappa shape index (κ2) is 6.39. The first-order valence-corrected chi connectivity index (χ1v) is 6.88. The largest absolute Gasteiger partial charge is 0.378 e. The first-order chi connectivity index (χ1) is 8.52. The minimum Gasteiger partial charge on any atom is -0.378 e. The van der Waals surface area contributed by atoms with Crippen molar-refractivity contribution in [3.8, 4) is 0 Å². The van der Waals surface area contributed by atoms with E-state index in [0.717, 1.165) is 12.2 Å². The molecular formula is C10H17N5O2S. The van der Waals surface area contributed by atoms with Crippen molar-refractivity contribution < 1.29 is 4.92 Å². The smallest absolute Gasteiger partial charge is 0.353 e. The zero-order valence-corrected chi connectivity index (χ0v) is 11.5. The molecule has 18 heavy (non-hydrogen) atoms. The molecule has 1 rings (SSSR count). The minimum atomic E-state index is -0.535. The summed E-state index contributed by atoms with van der Waals surface area (Å²) in [5, 5.41) is 11.0. The number of aromatic nitrogens is 2. The van der Waals surface area contributed by atoms with Crippen LogP contribution in [0.25, 0.3) is 0 Å². The summed E-state index contributed by atoms with van der Waals surface area (Å²) < 4.78 is 0. The monoisotopic (exact) mass is 271 g/mol. The van der Waals surface area contributed by atoms with Crippen LogP contribution in [0.15, 0.2) is 6.33 Å². The number of anilines is 2. The van der Waals surface area contributed by atoms with Crippen molar-refractivity contribution in [2.24, 2.45) is 0 Å². The molecule has 0 aromatic carbocycles. The third kappa shape index (κ3) is 3.00. The van der Waals surface area contributed by atoms with E-state index in [0.29, 0.717) is 0 Å². The van der Waals surface area contributed by atoms with Crippen LogP contribution in [0.2, 0.25) is 0 Å². The summed E-state index contributed by atoms with van der Waals surface area (Å²) in [4.78, 5) is 20.0. The lowest BCUT2D eigenvalue weighted by molar-refractivity contribution is -0.383. The van der Waals surface area contributed by atoms with Gasteiger partial charge in [0.1, 0.15) is 6.33 Å². The number of thioether (sulfide) groups is 1. The Balaban J connectivity index is 3.15. The van der Waals surface area contributed by atoms with E-state index in [1.165, 1.54) is 6.33 Å². The van der Waals surface area contributed by atoms with Crippen LogP contribution in [-0.4, -0.2) is 40.0 Å². The quantitative estimate of drug-likeness (QED) is 0.619. The topological polar surface area (TPSA) is 98.2 Å². The molecule has 0 spiro atoms. The van der Waals surface area contributed by atoms with Crippen molar-refractivity contribution >= 4 is 29.1 Å². The van der Waals surface area contributed by atoms with Gasteiger partial charge in [0.15, 0.2) is 0 Å². The maximum absolute atomic E-state index is 11.0. The molecule has 0 bridgehead atoms. The van der Waals surface area contributed by atoms with Crippen LogP contribution in [-0.2, 0) is 0 Å². The Morgan fingerprint density at radius 2 is 2.28 bits per heavy atom. The highest BCUT2D eigenvalue weighted by Gasteiger charge is 2.26. The lowest BCUT2D eigenvalue weighted by Crippen LogP contribution is -2.34. The molecule has 0 aliphatic heterocycles. The molecule has 0 aliphatic rings. The standard InChI is InChI=1S/C10H17N5O2S/c1-4-7(5-18-3)14(2)10-8(15(16)17)9(11)12-6-13-10/h6-7H,4-5H2,1-3H3,(H2,11,12,13). The number of nitro groups is 1. The first kappa shape index (κ1) is 14.5. The average molecular weight is 271 g/mol. The van der Waals surface area contributed by atoms with Gasteiger partial charge in [-0.25, -0.2) is 9.97 Å². The van der Waals surface area contributed by atoms with Gasteiger partial charge in [-0.05, 0) is 12.7 Å². The second-order valence-corrected chi connectivity index (χ2v) is 4.73. The Labute approximate surface area is 110 Å². The minimum absolute atomic E-state index is 0.101. The van der Waals surface area contributed by atoms with Gasteiger partial charge >= 0.3 is 5.69 Å².